The molecule has 0 saturated heterocycles. The van der Waals surface area contributed by atoms with Gasteiger partial charge in [0.2, 0.25) is 0 Å². The van der Waals surface area contributed by atoms with E-state index in [1.165, 1.54) is 32.4 Å². The van der Waals surface area contributed by atoms with Crippen LogP contribution in [-0.4, -0.2) is 19.1 Å². The van der Waals surface area contributed by atoms with Gasteiger partial charge in [-0.1, -0.05) is 27.5 Å². The van der Waals surface area contributed by atoms with Crippen LogP contribution in [0.3, 0.4) is 0 Å². The minimum atomic E-state index is -0.537. The highest BCUT2D eigenvalue weighted by molar-refractivity contribution is 9.10. The lowest BCUT2D eigenvalue weighted by atomic mass is 10.2. The average molecular weight is 403 g/mol. The smallest absolute Gasteiger partial charge is 0.312 e. The number of methoxy groups -OCH3 is 2. The Balaban J connectivity index is 2.26. The molecule has 0 heterocycles. The lowest BCUT2D eigenvalue weighted by Gasteiger charge is -2.13. The first-order valence-electron chi connectivity index (χ1n) is 6.43. The Labute approximate surface area is 146 Å². The first kappa shape index (κ1) is 17.4. The van der Waals surface area contributed by atoms with Gasteiger partial charge in [-0.3, -0.25) is 10.1 Å². The predicted molar refractivity (Wildman–Crippen MR) is 89.7 cm³/mol. The van der Waals surface area contributed by atoms with Crippen LogP contribution in [0.5, 0.6) is 17.2 Å². The molecule has 0 bridgehead atoms. The van der Waals surface area contributed by atoms with Gasteiger partial charge in [0.15, 0.2) is 17.2 Å². The van der Waals surface area contributed by atoms with Gasteiger partial charge in [0.05, 0.1) is 19.1 Å². The molecule has 0 unspecified atom stereocenters. The van der Waals surface area contributed by atoms with Crippen LogP contribution < -0.4 is 14.2 Å². The number of benzene rings is 2. The molecule has 2 aromatic rings. The van der Waals surface area contributed by atoms with Gasteiger partial charge in [-0.25, -0.2) is 0 Å². The molecule has 0 aromatic heterocycles. The third-order valence-corrected chi connectivity index (χ3v) is 4.03. The Morgan fingerprint density at radius 2 is 1.78 bits per heavy atom. The van der Waals surface area contributed by atoms with E-state index in [0.717, 1.165) is 10.0 Å². The molecule has 0 atom stereocenters. The monoisotopic (exact) mass is 401 g/mol. The summed E-state index contributed by atoms with van der Waals surface area (Å²) in [4.78, 5) is 10.5. The fourth-order valence-corrected chi connectivity index (χ4v) is 2.52. The Kier molecular flexibility index (Phi) is 5.68. The highest BCUT2D eigenvalue weighted by atomic mass is 79.9. The molecule has 0 amide bonds. The molecule has 0 saturated carbocycles. The van der Waals surface area contributed by atoms with Gasteiger partial charge in [-0.2, -0.15) is 0 Å². The van der Waals surface area contributed by atoms with Gasteiger partial charge < -0.3 is 14.2 Å². The molecule has 2 aromatic carbocycles. The van der Waals surface area contributed by atoms with Crippen molar-refractivity contribution >= 4 is 33.2 Å². The van der Waals surface area contributed by atoms with E-state index in [9.17, 15) is 10.1 Å². The molecular formula is C15H13BrClNO5. The molecule has 0 fully saturated rings. The average Bonchev–Trinajstić information content (AvgIpc) is 2.54. The maximum absolute atomic E-state index is 11.1. The van der Waals surface area contributed by atoms with Crippen molar-refractivity contribution in [3.05, 3.63) is 55.5 Å². The summed E-state index contributed by atoms with van der Waals surface area (Å²) in [6.45, 7) is 0.114. The first-order valence-corrected chi connectivity index (χ1v) is 7.60. The molecule has 2 rings (SSSR count). The molecule has 0 radical (unpaired) electrons. The lowest BCUT2D eigenvalue weighted by Crippen LogP contribution is -2.01. The van der Waals surface area contributed by atoms with Crippen LogP contribution in [0, 0.1) is 10.1 Å². The van der Waals surface area contributed by atoms with Crippen LogP contribution in [-0.2, 0) is 6.61 Å². The molecule has 6 nitrogen and oxygen atoms in total. The standard InChI is InChI=1S/C15H13BrClNO5/c1-21-14-5-9(11(16)7-15(14)22-2)8-23-13-4-3-10(17)6-12(13)18(19)20/h3-7H,8H2,1-2H3. The number of nitro groups is 1. The van der Waals surface area contributed by atoms with Crippen LogP contribution >= 0.6 is 27.5 Å². The van der Waals surface area contributed by atoms with E-state index >= 15 is 0 Å². The van der Waals surface area contributed by atoms with Crippen LogP contribution in [0.25, 0.3) is 0 Å². The second-order valence-corrected chi connectivity index (χ2v) is 5.75. The number of hydrogen-bond donors (Lipinski definition) is 0. The fourth-order valence-electron chi connectivity index (χ4n) is 1.92. The van der Waals surface area contributed by atoms with E-state index in [1.807, 2.05) is 0 Å². The number of halogens is 2. The zero-order valence-electron chi connectivity index (χ0n) is 12.3. The molecule has 0 aliphatic rings. The van der Waals surface area contributed by atoms with Gasteiger partial charge in [-0.15, -0.1) is 0 Å². The molecule has 23 heavy (non-hydrogen) atoms. The van der Waals surface area contributed by atoms with Gasteiger partial charge in [-0.05, 0) is 24.3 Å². The summed E-state index contributed by atoms with van der Waals surface area (Å²) in [6.07, 6.45) is 0. The van der Waals surface area contributed by atoms with Crippen molar-refractivity contribution in [2.45, 2.75) is 6.61 Å². The van der Waals surface area contributed by atoms with E-state index in [2.05, 4.69) is 15.9 Å². The zero-order valence-corrected chi connectivity index (χ0v) is 14.7. The maximum Gasteiger partial charge on any atom is 0.312 e. The molecule has 8 heteroatoms. The number of ether oxygens (including phenoxy) is 3. The number of rotatable bonds is 6. The van der Waals surface area contributed by atoms with Crippen molar-refractivity contribution in [1.29, 1.82) is 0 Å². The summed E-state index contributed by atoms with van der Waals surface area (Å²) in [6, 6.07) is 7.74. The van der Waals surface area contributed by atoms with Crippen molar-refractivity contribution in [2.24, 2.45) is 0 Å². The molecule has 0 N–H and O–H groups in total. The molecular weight excluding hydrogens is 390 g/mol. The van der Waals surface area contributed by atoms with Gasteiger partial charge in [0.25, 0.3) is 0 Å². The Morgan fingerprint density at radius 1 is 1.13 bits per heavy atom. The quantitative estimate of drug-likeness (QED) is 0.521. The minimum Gasteiger partial charge on any atom is -0.493 e. The van der Waals surface area contributed by atoms with E-state index < -0.39 is 4.92 Å². The Hall–Kier alpha value is -1.99. The summed E-state index contributed by atoms with van der Waals surface area (Å²) >= 11 is 9.19. The van der Waals surface area contributed by atoms with E-state index in [4.69, 9.17) is 25.8 Å². The largest absolute Gasteiger partial charge is 0.493 e. The maximum atomic E-state index is 11.1. The Morgan fingerprint density at radius 3 is 2.39 bits per heavy atom. The summed E-state index contributed by atoms with van der Waals surface area (Å²) in [5.41, 5.74) is 0.570. The van der Waals surface area contributed by atoms with Crippen LogP contribution in [0.4, 0.5) is 5.69 Å². The van der Waals surface area contributed by atoms with Gasteiger partial charge >= 0.3 is 5.69 Å². The van der Waals surface area contributed by atoms with Crippen LogP contribution in [0.1, 0.15) is 5.56 Å². The Bertz CT molecular complexity index is 738. The number of nitro benzene ring substituents is 1. The minimum absolute atomic E-state index is 0.114. The van der Waals surface area contributed by atoms with Gasteiger partial charge in [0, 0.05) is 21.1 Å². The van der Waals surface area contributed by atoms with Crippen molar-refractivity contribution in [1.82, 2.24) is 0 Å². The normalized spacial score (nSPS) is 10.3. The van der Waals surface area contributed by atoms with Crippen molar-refractivity contribution < 1.29 is 19.1 Å². The molecule has 0 spiro atoms. The first-order chi connectivity index (χ1) is 11.0. The van der Waals surface area contributed by atoms with E-state index in [0.29, 0.717) is 11.5 Å². The third kappa shape index (κ3) is 4.05. The topological polar surface area (TPSA) is 70.8 Å². The highest BCUT2D eigenvalue weighted by Gasteiger charge is 2.17. The highest BCUT2D eigenvalue weighted by Crippen LogP contribution is 2.35. The van der Waals surface area contributed by atoms with Gasteiger partial charge in [0.1, 0.15) is 6.61 Å². The molecule has 0 aliphatic carbocycles. The second-order valence-electron chi connectivity index (χ2n) is 4.46. The van der Waals surface area contributed by atoms with Crippen LogP contribution in [0.15, 0.2) is 34.8 Å². The predicted octanol–water partition coefficient (Wildman–Crippen LogP) is 4.61. The summed E-state index contributed by atoms with van der Waals surface area (Å²) < 4.78 is 16.7. The number of hydrogen-bond acceptors (Lipinski definition) is 5. The zero-order chi connectivity index (χ0) is 17.0. The van der Waals surface area contributed by atoms with Crippen molar-refractivity contribution in [3.8, 4) is 17.2 Å². The second kappa shape index (κ2) is 7.52. The van der Waals surface area contributed by atoms with Crippen molar-refractivity contribution in [3.63, 3.8) is 0 Å². The van der Waals surface area contributed by atoms with E-state index in [1.54, 1.807) is 12.1 Å². The third-order valence-electron chi connectivity index (χ3n) is 3.05. The SMILES string of the molecule is COc1cc(Br)c(COc2ccc(Cl)cc2[N+](=O)[O-])cc1OC. The number of nitrogens with zero attached hydrogens (tertiary/aromatic N) is 1. The summed E-state index contributed by atoms with van der Waals surface area (Å²) in [7, 11) is 3.07. The summed E-state index contributed by atoms with van der Waals surface area (Å²) in [5.74, 6) is 1.25. The lowest BCUT2D eigenvalue weighted by molar-refractivity contribution is -0.385. The van der Waals surface area contributed by atoms with Crippen LogP contribution in [0.2, 0.25) is 5.02 Å². The molecule has 122 valence electrons. The van der Waals surface area contributed by atoms with E-state index in [-0.39, 0.29) is 23.1 Å². The van der Waals surface area contributed by atoms with Crippen molar-refractivity contribution in [2.75, 3.05) is 14.2 Å². The fraction of sp³-hybridized carbons (Fsp3) is 0.200. The summed E-state index contributed by atoms with van der Waals surface area (Å²) in [5, 5.41) is 11.3. The molecule has 0 aliphatic heterocycles.